The standard InChI is InChI=1S/C16H17N3O4/c20-14-6-5-12(18-14)15(21)19-13(16(22)23)7-9-8-17-11-4-2-1-3-10(9)11/h1-4,8,12-13,17H,5-7H2,(H,18,20)(H,19,21)(H,22,23)/t12-,13+/m0/s1. The number of carbonyl (C=O) groups excluding carboxylic acids is 2. The molecule has 1 aliphatic rings. The second kappa shape index (κ2) is 6.12. The minimum absolute atomic E-state index is 0.172. The fourth-order valence-corrected chi connectivity index (χ4v) is 2.80. The summed E-state index contributed by atoms with van der Waals surface area (Å²) in [4.78, 5) is 37.8. The lowest BCUT2D eigenvalue weighted by molar-refractivity contribution is -0.142. The third kappa shape index (κ3) is 3.18. The van der Waals surface area contributed by atoms with Crippen molar-refractivity contribution >= 4 is 28.7 Å². The van der Waals surface area contributed by atoms with Gasteiger partial charge in [-0.15, -0.1) is 0 Å². The van der Waals surface area contributed by atoms with Crippen LogP contribution in [0.5, 0.6) is 0 Å². The largest absolute Gasteiger partial charge is 0.480 e. The molecule has 1 fully saturated rings. The zero-order chi connectivity index (χ0) is 16.4. The number of hydrogen-bond donors (Lipinski definition) is 4. The molecule has 7 nitrogen and oxygen atoms in total. The summed E-state index contributed by atoms with van der Waals surface area (Å²) in [6.45, 7) is 0. The van der Waals surface area contributed by atoms with E-state index in [1.807, 2.05) is 24.3 Å². The summed E-state index contributed by atoms with van der Waals surface area (Å²) in [5, 5.41) is 15.4. The van der Waals surface area contributed by atoms with Crippen LogP contribution < -0.4 is 10.6 Å². The molecule has 120 valence electrons. The summed E-state index contributed by atoms with van der Waals surface area (Å²) in [5.41, 5.74) is 1.74. The van der Waals surface area contributed by atoms with Crippen LogP contribution in [0.1, 0.15) is 18.4 Å². The maximum absolute atomic E-state index is 12.1. The van der Waals surface area contributed by atoms with Gasteiger partial charge in [0.1, 0.15) is 12.1 Å². The maximum Gasteiger partial charge on any atom is 0.326 e. The number of carbonyl (C=O) groups is 3. The highest BCUT2D eigenvalue weighted by atomic mass is 16.4. The number of aromatic nitrogens is 1. The van der Waals surface area contributed by atoms with E-state index in [-0.39, 0.29) is 18.7 Å². The number of aliphatic carboxylic acids is 1. The summed E-state index contributed by atoms with van der Waals surface area (Å²) in [5.74, 6) is -1.75. The molecule has 1 aliphatic heterocycles. The van der Waals surface area contributed by atoms with Gasteiger partial charge in [0.25, 0.3) is 0 Å². The number of hydrogen-bond acceptors (Lipinski definition) is 3. The average molecular weight is 315 g/mol. The van der Waals surface area contributed by atoms with Crippen LogP contribution in [-0.4, -0.2) is 40.0 Å². The van der Waals surface area contributed by atoms with Gasteiger partial charge in [0.05, 0.1) is 0 Å². The number of benzene rings is 1. The predicted molar refractivity (Wildman–Crippen MR) is 82.7 cm³/mol. The Balaban J connectivity index is 1.73. The van der Waals surface area contributed by atoms with Crippen LogP contribution in [0.4, 0.5) is 0 Å². The van der Waals surface area contributed by atoms with Gasteiger partial charge in [0, 0.05) is 29.9 Å². The first-order valence-corrected chi connectivity index (χ1v) is 7.42. The summed E-state index contributed by atoms with van der Waals surface area (Å²) in [6, 6.07) is 5.89. The van der Waals surface area contributed by atoms with Crippen molar-refractivity contribution in [3.8, 4) is 0 Å². The van der Waals surface area contributed by atoms with E-state index in [0.29, 0.717) is 6.42 Å². The lowest BCUT2D eigenvalue weighted by Gasteiger charge is -2.17. The van der Waals surface area contributed by atoms with Gasteiger partial charge in [-0.05, 0) is 18.1 Å². The SMILES string of the molecule is O=C1CC[C@@H](C(=O)N[C@H](Cc2c[nH]c3ccccc23)C(=O)O)N1. The van der Waals surface area contributed by atoms with Gasteiger partial charge in [-0.2, -0.15) is 0 Å². The molecule has 7 heteroatoms. The van der Waals surface area contributed by atoms with Crippen LogP contribution >= 0.6 is 0 Å². The topological polar surface area (TPSA) is 111 Å². The van der Waals surface area contributed by atoms with Crippen LogP contribution in [0.2, 0.25) is 0 Å². The van der Waals surface area contributed by atoms with Crippen molar-refractivity contribution in [3.05, 3.63) is 36.0 Å². The van der Waals surface area contributed by atoms with E-state index < -0.39 is 24.0 Å². The number of H-pyrrole nitrogens is 1. The van der Waals surface area contributed by atoms with Crippen LogP contribution in [0, 0.1) is 0 Å². The van der Waals surface area contributed by atoms with Crippen LogP contribution in [0.15, 0.2) is 30.5 Å². The molecule has 0 bridgehead atoms. The Labute approximate surface area is 132 Å². The molecule has 2 heterocycles. The zero-order valence-corrected chi connectivity index (χ0v) is 12.3. The van der Waals surface area contributed by atoms with Crippen LogP contribution in [0.25, 0.3) is 10.9 Å². The minimum Gasteiger partial charge on any atom is -0.480 e. The predicted octanol–water partition coefficient (Wildman–Crippen LogP) is 0.558. The maximum atomic E-state index is 12.1. The fourth-order valence-electron chi connectivity index (χ4n) is 2.80. The van der Waals surface area contributed by atoms with Gasteiger partial charge < -0.3 is 20.7 Å². The van der Waals surface area contributed by atoms with Gasteiger partial charge in [-0.25, -0.2) is 4.79 Å². The zero-order valence-electron chi connectivity index (χ0n) is 12.3. The van der Waals surface area contributed by atoms with Gasteiger partial charge in [0.15, 0.2) is 0 Å². The number of aromatic amines is 1. The normalized spacial score (nSPS) is 18.6. The van der Waals surface area contributed by atoms with Crippen molar-refractivity contribution in [1.29, 1.82) is 0 Å². The molecule has 1 saturated heterocycles. The van der Waals surface area contributed by atoms with Crippen molar-refractivity contribution in [1.82, 2.24) is 15.6 Å². The highest BCUT2D eigenvalue weighted by Crippen LogP contribution is 2.19. The van der Waals surface area contributed by atoms with E-state index in [0.717, 1.165) is 16.5 Å². The van der Waals surface area contributed by atoms with Crippen LogP contribution in [-0.2, 0) is 20.8 Å². The highest BCUT2D eigenvalue weighted by molar-refractivity contribution is 5.93. The number of amides is 2. The smallest absolute Gasteiger partial charge is 0.326 e. The molecule has 1 aromatic heterocycles. The van der Waals surface area contributed by atoms with Gasteiger partial charge >= 0.3 is 5.97 Å². The summed E-state index contributed by atoms with van der Waals surface area (Å²) >= 11 is 0. The Morgan fingerprint density at radius 2 is 2.13 bits per heavy atom. The Hall–Kier alpha value is -2.83. The highest BCUT2D eigenvalue weighted by Gasteiger charge is 2.30. The van der Waals surface area contributed by atoms with E-state index in [2.05, 4.69) is 15.6 Å². The van der Waals surface area contributed by atoms with E-state index in [1.54, 1.807) is 6.20 Å². The van der Waals surface area contributed by atoms with Crippen molar-refractivity contribution in [3.63, 3.8) is 0 Å². The third-order valence-electron chi connectivity index (χ3n) is 4.03. The number of carboxylic acid groups (broad SMARTS) is 1. The van der Waals surface area contributed by atoms with E-state index in [4.69, 9.17) is 0 Å². The molecule has 1 aromatic carbocycles. The Morgan fingerprint density at radius 3 is 2.83 bits per heavy atom. The second-order valence-corrected chi connectivity index (χ2v) is 5.62. The van der Waals surface area contributed by atoms with Gasteiger partial charge in [-0.1, -0.05) is 18.2 Å². The molecule has 2 amide bonds. The monoisotopic (exact) mass is 315 g/mol. The van der Waals surface area contributed by atoms with Crippen molar-refractivity contribution < 1.29 is 19.5 Å². The van der Waals surface area contributed by atoms with E-state index in [9.17, 15) is 19.5 Å². The van der Waals surface area contributed by atoms with Gasteiger partial charge in [-0.3, -0.25) is 9.59 Å². The Bertz CT molecular complexity index is 768. The molecule has 0 saturated carbocycles. The first kappa shape index (κ1) is 15.1. The molecular weight excluding hydrogens is 298 g/mol. The molecular formula is C16H17N3O4. The fraction of sp³-hybridized carbons (Fsp3) is 0.312. The number of carboxylic acids is 1. The summed E-state index contributed by atoms with van der Waals surface area (Å²) in [6.07, 6.45) is 2.61. The Morgan fingerprint density at radius 1 is 1.35 bits per heavy atom. The molecule has 0 spiro atoms. The van der Waals surface area contributed by atoms with E-state index >= 15 is 0 Å². The molecule has 2 aromatic rings. The quantitative estimate of drug-likeness (QED) is 0.646. The van der Waals surface area contributed by atoms with Crippen LogP contribution in [0.3, 0.4) is 0 Å². The molecule has 0 aliphatic carbocycles. The molecule has 0 unspecified atom stereocenters. The van der Waals surface area contributed by atoms with E-state index in [1.165, 1.54) is 0 Å². The summed E-state index contributed by atoms with van der Waals surface area (Å²) in [7, 11) is 0. The molecule has 2 atom stereocenters. The van der Waals surface area contributed by atoms with Crippen molar-refractivity contribution in [2.75, 3.05) is 0 Å². The average Bonchev–Trinajstić information content (AvgIpc) is 3.13. The minimum atomic E-state index is -1.10. The lowest BCUT2D eigenvalue weighted by atomic mass is 10.0. The van der Waals surface area contributed by atoms with Crippen molar-refractivity contribution in [2.24, 2.45) is 0 Å². The first-order chi connectivity index (χ1) is 11.0. The number of fused-ring (bicyclic) bond motifs is 1. The second-order valence-electron chi connectivity index (χ2n) is 5.62. The first-order valence-electron chi connectivity index (χ1n) is 7.42. The summed E-state index contributed by atoms with van der Waals surface area (Å²) < 4.78 is 0. The van der Waals surface area contributed by atoms with Gasteiger partial charge in [0.2, 0.25) is 11.8 Å². The molecule has 4 N–H and O–H groups in total. The number of para-hydroxylation sites is 1. The third-order valence-corrected chi connectivity index (χ3v) is 4.03. The molecule has 0 radical (unpaired) electrons. The number of rotatable bonds is 5. The number of nitrogens with one attached hydrogen (secondary N) is 3. The molecule has 23 heavy (non-hydrogen) atoms. The lowest BCUT2D eigenvalue weighted by Crippen LogP contribution is -2.49. The van der Waals surface area contributed by atoms with Crippen molar-refractivity contribution in [2.45, 2.75) is 31.3 Å². The molecule has 3 rings (SSSR count). The Kier molecular flexibility index (Phi) is 4.01.